The highest BCUT2D eigenvalue weighted by atomic mass is 16.5. The fraction of sp³-hybridized carbons (Fsp3) is 0.471. The monoisotopic (exact) mass is 320 g/mol. The van der Waals surface area contributed by atoms with Gasteiger partial charge in [-0.15, -0.1) is 0 Å². The van der Waals surface area contributed by atoms with Crippen LogP contribution in [0.15, 0.2) is 28.9 Å². The minimum absolute atomic E-state index is 0.0159. The van der Waals surface area contributed by atoms with Gasteiger partial charge in [-0.1, -0.05) is 0 Å². The molecule has 0 saturated heterocycles. The molecule has 0 bridgehead atoms. The van der Waals surface area contributed by atoms with Crippen LogP contribution in [0.4, 0.5) is 10.5 Å². The molecule has 0 unspecified atom stereocenters. The number of fused-ring (bicyclic) bond motifs is 1. The van der Waals surface area contributed by atoms with E-state index in [2.05, 4.69) is 5.32 Å². The first-order valence-corrected chi connectivity index (χ1v) is 7.77. The molecule has 1 aromatic heterocycles. The summed E-state index contributed by atoms with van der Waals surface area (Å²) in [6.45, 7) is 7.00. The van der Waals surface area contributed by atoms with Gasteiger partial charge in [0.15, 0.2) is 0 Å². The molecule has 0 aliphatic rings. The van der Waals surface area contributed by atoms with E-state index in [1.807, 2.05) is 39.0 Å². The SMILES string of the molecule is Cc1coc2ccc(NC(=O)N(CCOCCO)C(C)C)cc12. The Morgan fingerprint density at radius 1 is 1.39 bits per heavy atom. The average molecular weight is 320 g/mol. The summed E-state index contributed by atoms with van der Waals surface area (Å²) in [7, 11) is 0. The Morgan fingerprint density at radius 3 is 2.87 bits per heavy atom. The van der Waals surface area contributed by atoms with Crippen LogP contribution < -0.4 is 5.32 Å². The molecule has 1 heterocycles. The Hall–Kier alpha value is -2.05. The zero-order valence-corrected chi connectivity index (χ0v) is 13.8. The van der Waals surface area contributed by atoms with E-state index in [0.717, 1.165) is 22.2 Å². The summed E-state index contributed by atoms with van der Waals surface area (Å²) in [5, 5.41) is 12.6. The van der Waals surface area contributed by atoms with Crippen LogP contribution >= 0.6 is 0 Å². The predicted octanol–water partition coefficient (Wildman–Crippen LogP) is 2.99. The molecule has 126 valence electrons. The van der Waals surface area contributed by atoms with E-state index in [9.17, 15) is 4.79 Å². The summed E-state index contributed by atoms with van der Waals surface area (Å²) in [6.07, 6.45) is 1.70. The van der Waals surface area contributed by atoms with Crippen molar-refractivity contribution in [2.75, 3.05) is 31.7 Å². The van der Waals surface area contributed by atoms with Crippen molar-refractivity contribution in [1.82, 2.24) is 4.90 Å². The molecule has 6 nitrogen and oxygen atoms in total. The normalized spacial score (nSPS) is 11.2. The van der Waals surface area contributed by atoms with Gasteiger partial charge in [0.1, 0.15) is 5.58 Å². The van der Waals surface area contributed by atoms with Crippen molar-refractivity contribution in [3.8, 4) is 0 Å². The highest BCUT2D eigenvalue weighted by Gasteiger charge is 2.17. The fourth-order valence-corrected chi connectivity index (χ4v) is 2.35. The van der Waals surface area contributed by atoms with Crippen LogP contribution in [0.2, 0.25) is 0 Å². The van der Waals surface area contributed by atoms with E-state index in [1.54, 1.807) is 11.2 Å². The molecular weight excluding hydrogens is 296 g/mol. The molecule has 1 aromatic carbocycles. The van der Waals surface area contributed by atoms with Crippen molar-refractivity contribution in [3.05, 3.63) is 30.0 Å². The number of nitrogens with one attached hydrogen (secondary N) is 1. The molecule has 0 aliphatic carbocycles. The summed E-state index contributed by atoms with van der Waals surface area (Å²) in [5.74, 6) is 0. The maximum atomic E-state index is 12.5. The molecule has 2 rings (SSSR count). The summed E-state index contributed by atoms with van der Waals surface area (Å²) >= 11 is 0. The van der Waals surface area contributed by atoms with E-state index >= 15 is 0 Å². The molecule has 2 aromatic rings. The number of nitrogens with zero attached hydrogens (tertiary/aromatic N) is 1. The molecule has 0 aliphatic heterocycles. The Morgan fingerprint density at radius 2 is 2.17 bits per heavy atom. The standard InChI is InChI=1S/C17H24N2O4/c1-12(2)19(6-8-22-9-7-20)17(21)18-14-4-5-16-15(10-14)13(3)11-23-16/h4-5,10-12,20H,6-9H2,1-3H3,(H,18,21). The number of aliphatic hydroxyl groups is 1. The first-order valence-electron chi connectivity index (χ1n) is 7.77. The first kappa shape index (κ1) is 17.3. The van der Waals surface area contributed by atoms with Crippen LogP contribution in [0.1, 0.15) is 19.4 Å². The van der Waals surface area contributed by atoms with Crippen LogP contribution in [0.3, 0.4) is 0 Å². The van der Waals surface area contributed by atoms with Crippen LogP contribution in [0.25, 0.3) is 11.0 Å². The van der Waals surface area contributed by atoms with Crippen molar-refractivity contribution < 1.29 is 19.1 Å². The number of hydrogen-bond acceptors (Lipinski definition) is 4. The van der Waals surface area contributed by atoms with E-state index in [1.165, 1.54) is 0 Å². The molecule has 0 saturated carbocycles. The molecule has 0 fully saturated rings. The third-order valence-electron chi connectivity index (χ3n) is 3.61. The van der Waals surface area contributed by atoms with Crippen LogP contribution in [-0.2, 0) is 4.74 Å². The number of hydrogen-bond donors (Lipinski definition) is 2. The number of aliphatic hydroxyl groups excluding tert-OH is 1. The maximum absolute atomic E-state index is 12.5. The van der Waals surface area contributed by atoms with Crippen LogP contribution in [0.5, 0.6) is 0 Å². The molecule has 0 spiro atoms. The van der Waals surface area contributed by atoms with Crippen molar-refractivity contribution in [2.45, 2.75) is 26.8 Å². The van der Waals surface area contributed by atoms with E-state index in [0.29, 0.717) is 13.2 Å². The molecule has 6 heteroatoms. The number of rotatable bonds is 7. The fourth-order valence-electron chi connectivity index (χ4n) is 2.35. The molecule has 23 heavy (non-hydrogen) atoms. The Labute approximate surface area is 136 Å². The van der Waals surface area contributed by atoms with Gasteiger partial charge in [-0.25, -0.2) is 4.79 Å². The topological polar surface area (TPSA) is 74.9 Å². The number of furan rings is 1. The smallest absolute Gasteiger partial charge is 0.322 e. The Bertz CT molecular complexity index is 651. The number of carbonyl (C=O) groups excluding carboxylic acids is 1. The van der Waals surface area contributed by atoms with Crippen molar-refractivity contribution in [3.63, 3.8) is 0 Å². The number of ether oxygens (including phenoxy) is 1. The van der Waals surface area contributed by atoms with Crippen LogP contribution in [-0.4, -0.2) is 48.4 Å². The summed E-state index contributed by atoms with van der Waals surface area (Å²) in [6, 6.07) is 5.46. The zero-order valence-electron chi connectivity index (χ0n) is 13.8. The van der Waals surface area contributed by atoms with Gasteiger partial charge in [0.05, 0.1) is 26.1 Å². The highest BCUT2D eigenvalue weighted by molar-refractivity contribution is 5.93. The summed E-state index contributed by atoms with van der Waals surface area (Å²) < 4.78 is 10.7. The second-order valence-corrected chi connectivity index (χ2v) is 5.68. The second-order valence-electron chi connectivity index (χ2n) is 5.68. The molecule has 0 atom stereocenters. The zero-order chi connectivity index (χ0) is 16.8. The number of amides is 2. The predicted molar refractivity (Wildman–Crippen MR) is 89.7 cm³/mol. The summed E-state index contributed by atoms with van der Waals surface area (Å²) in [5.41, 5.74) is 2.57. The average Bonchev–Trinajstić information content (AvgIpc) is 2.88. The van der Waals surface area contributed by atoms with Gasteiger partial charge in [0.25, 0.3) is 0 Å². The van der Waals surface area contributed by atoms with Crippen molar-refractivity contribution in [1.29, 1.82) is 0 Å². The van der Waals surface area contributed by atoms with Crippen molar-refractivity contribution >= 4 is 22.7 Å². The second kappa shape index (κ2) is 7.99. The lowest BCUT2D eigenvalue weighted by atomic mass is 10.2. The van der Waals surface area contributed by atoms with Gasteiger partial charge in [0, 0.05) is 23.7 Å². The van der Waals surface area contributed by atoms with Crippen LogP contribution in [0, 0.1) is 6.92 Å². The van der Waals surface area contributed by atoms with Gasteiger partial charge in [-0.05, 0) is 44.5 Å². The minimum Gasteiger partial charge on any atom is -0.464 e. The van der Waals surface area contributed by atoms with E-state index in [-0.39, 0.29) is 25.3 Å². The molecular formula is C17H24N2O4. The summed E-state index contributed by atoms with van der Waals surface area (Å²) in [4.78, 5) is 14.2. The van der Waals surface area contributed by atoms with Crippen molar-refractivity contribution in [2.24, 2.45) is 0 Å². The molecule has 0 radical (unpaired) electrons. The number of benzene rings is 1. The third-order valence-corrected chi connectivity index (χ3v) is 3.61. The van der Waals surface area contributed by atoms with E-state index in [4.69, 9.17) is 14.3 Å². The highest BCUT2D eigenvalue weighted by Crippen LogP contribution is 2.24. The van der Waals surface area contributed by atoms with Gasteiger partial charge in [-0.2, -0.15) is 0 Å². The van der Waals surface area contributed by atoms with Gasteiger partial charge < -0.3 is 24.5 Å². The number of carbonyl (C=O) groups is 1. The maximum Gasteiger partial charge on any atom is 0.322 e. The number of aryl methyl sites for hydroxylation is 1. The largest absolute Gasteiger partial charge is 0.464 e. The lowest BCUT2D eigenvalue weighted by molar-refractivity contribution is 0.0757. The quantitative estimate of drug-likeness (QED) is 0.769. The minimum atomic E-state index is -0.173. The van der Waals surface area contributed by atoms with Gasteiger partial charge in [-0.3, -0.25) is 0 Å². The lowest BCUT2D eigenvalue weighted by Gasteiger charge is -2.26. The first-order chi connectivity index (χ1) is 11.0. The Kier molecular flexibility index (Phi) is 6.01. The molecule has 2 N–H and O–H groups in total. The number of urea groups is 1. The Balaban J connectivity index is 2.02. The van der Waals surface area contributed by atoms with Gasteiger partial charge >= 0.3 is 6.03 Å². The lowest BCUT2D eigenvalue weighted by Crippen LogP contribution is -2.42. The third kappa shape index (κ3) is 4.46. The number of anilines is 1. The van der Waals surface area contributed by atoms with Gasteiger partial charge in [0.2, 0.25) is 0 Å². The van der Waals surface area contributed by atoms with E-state index < -0.39 is 0 Å². The molecule has 2 amide bonds.